The van der Waals surface area contributed by atoms with Crippen molar-refractivity contribution in [2.75, 3.05) is 0 Å². The van der Waals surface area contributed by atoms with Crippen LogP contribution in [0.25, 0.3) is 72.3 Å². The average molecular weight is 586 g/mol. The molecule has 3 heteroatoms. The first-order valence-electron chi connectivity index (χ1n) is 16.8. The first kappa shape index (κ1) is 24.0. The topological polar surface area (TPSA) is 31.0 Å². The lowest BCUT2D eigenvalue weighted by atomic mass is 9.85. The molecule has 0 atom stereocenters. The second kappa shape index (κ2) is 10.3. The van der Waals surface area contributed by atoms with Gasteiger partial charge in [0.05, 0.1) is 22.3 Å². The van der Waals surface area contributed by atoms with Crippen molar-refractivity contribution < 1.29 is 8.53 Å². The van der Waals surface area contributed by atoms with Crippen LogP contribution in [0.15, 0.2) is 138 Å². The van der Waals surface area contributed by atoms with E-state index in [2.05, 4.69) is 122 Å². The standard InChI is InChI=1S/C42H34N2O/c1-27-17-19-28(20-18-27)30-21-23-32-33-13-10-14-34(40(33)45-39(32)25-30)41-43-36-15-8-9-16-38(36)44(41)37-24-22-31(42(2,3)4)26-35(37)29-11-6-5-7-12-29/h5-26H,1-4H3/i1D3. The number of benzene rings is 6. The fraction of sp³-hybridized carbons (Fsp3) is 0.119. The van der Waals surface area contributed by atoms with Crippen molar-refractivity contribution in [3.05, 3.63) is 145 Å². The van der Waals surface area contributed by atoms with E-state index in [9.17, 15) is 0 Å². The van der Waals surface area contributed by atoms with Crippen molar-refractivity contribution in [2.45, 2.75) is 33.0 Å². The largest absolute Gasteiger partial charge is 0.455 e. The van der Waals surface area contributed by atoms with Crippen LogP contribution in [0.4, 0.5) is 0 Å². The zero-order valence-electron chi connectivity index (χ0n) is 28.5. The number of aromatic nitrogens is 2. The molecule has 0 aliphatic heterocycles. The van der Waals surface area contributed by atoms with Crippen LogP contribution in [-0.4, -0.2) is 9.55 Å². The van der Waals surface area contributed by atoms with E-state index in [0.29, 0.717) is 5.56 Å². The molecule has 0 aliphatic carbocycles. The molecule has 0 fully saturated rings. The number of hydrogen-bond acceptors (Lipinski definition) is 2. The summed E-state index contributed by atoms with van der Waals surface area (Å²) in [5.41, 5.74) is 11.1. The molecule has 8 aromatic rings. The summed E-state index contributed by atoms with van der Waals surface area (Å²) >= 11 is 0. The number of aryl methyl sites for hydroxylation is 1. The molecule has 8 rings (SSSR count). The fourth-order valence-electron chi connectivity index (χ4n) is 6.31. The number of rotatable bonds is 4. The van der Waals surface area contributed by atoms with Crippen LogP contribution in [0.3, 0.4) is 0 Å². The second-order valence-corrected chi connectivity index (χ2v) is 12.7. The summed E-state index contributed by atoms with van der Waals surface area (Å²) in [7, 11) is 0. The van der Waals surface area contributed by atoms with Gasteiger partial charge in [0, 0.05) is 20.4 Å². The Balaban J connectivity index is 1.34. The molecule has 0 saturated heterocycles. The summed E-state index contributed by atoms with van der Waals surface area (Å²) in [6.45, 7) is 4.60. The maximum atomic E-state index is 7.72. The molecule has 6 aromatic carbocycles. The van der Waals surface area contributed by atoms with Crippen molar-refractivity contribution in [1.82, 2.24) is 9.55 Å². The summed E-state index contributed by atoms with van der Waals surface area (Å²) in [5, 5.41) is 2.02. The molecule has 0 unspecified atom stereocenters. The van der Waals surface area contributed by atoms with Crippen LogP contribution < -0.4 is 0 Å². The quantitative estimate of drug-likeness (QED) is 0.206. The minimum atomic E-state index is -2.13. The first-order valence-corrected chi connectivity index (χ1v) is 15.3. The highest BCUT2D eigenvalue weighted by Gasteiger charge is 2.23. The van der Waals surface area contributed by atoms with Crippen LogP contribution in [0.5, 0.6) is 0 Å². The Kier molecular flexibility index (Phi) is 5.51. The van der Waals surface area contributed by atoms with Gasteiger partial charge < -0.3 is 4.42 Å². The van der Waals surface area contributed by atoms with E-state index in [-0.39, 0.29) is 5.41 Å². The fourth-order valence-corrected chi connectivity index (χ4v) is 6.31. The van der Waals surface area contributed by atoms with Gasteiger partial charge in [-0.3, -0.25) is 4.57 Å². The zero-order chi connectivity index (χ0) is 33.2. The Labute approximate surface area is 267 Å². The molecule has 218 valence electrons. The monoisotopic (exact) mass is 585 g/mol. The van der Waals surface area contributed by atoms with Crippen LogP contribution >= 0.6 is 0 Å². The van der Waals surface area contributed by atoms with Gasteiger partial charge in [-0.25, -0.2) is 4.98 Å². The molecule has 45 heavy (non-hydrogen) atoms. The van der Waals surface area contributed by atoms with Gasteiger partial charge in [0.2, 0.25) is 0 Å². The third kappa shape index (κ3) is 4.63. The lowest BCUT2D eigenvalue weighted by Crippen LogP contribution is -2.12. The molecule has 0 saturated carbocycles. The maximum absolute atomic E-state index is 7.72. The Bertz CT molecular complexity index is 2460. The van der Waals surface area contributed by atoms with Gasteiger partial charge in [0.1, 0.15) is 17.0 Å². The Morgan fingerprint density at radius 2 is 1.42 bits per heavy atom. The van der Waals surface area contributed by atoms with Gasteiger partial charge in [0.25, 0.3) is 0 Å². The molecule has 0 bridgehead atoms. The van der Waals surface area contributed by atoms with E-state index in [1.54, 1.807) is 12.1 Å². The third-order valence-electron chi connectivity index (χ3n) is 8.71. The van der Waals surface area contributed by atoms with Crippen LogP contribution in [-0.2, 0) is 5.41 Å². The number of nitrogens with zero attached hydrogens (tertiary/aromatic N) is 2. The van der Waals surface area contributed by atoms with Crippen molar-refractivity contribution >= 4 is 33.0 Å². The van der Waals surface area contributed by atoms with Gasteiger partial charge in [-0.1, -0.05) is 117 Å². The third-order valence-corrected chi connectivity index (χ3v) is 8.71. The minimum Gasteiger partial charge on any atom is -0.455 e. The Morgan fingerprint density at radius 3 is 2.22 bits per heavy atom. The molecular weight excluding hydrogens is 548 g/mol. The van der Waals surface area contributed by atoms with Gasteiger partial charge in [-0.05, 0) is 77.0 Å². The molecule has 0 radical (unpaired) electrons. The van der Waals surface area contributed by atoms with Crippen LogP contribution in [0, 0.1) is 6.85 Å². The summed E-state index contributed by atoms with van der Waals surface area (Å²) in [6, 6.07) is 45.1. The summed E-state index contributed by atoms with van der Waals surface area (Å²) in [5.74, 6) is 0.807. The van der Waals surface area contributed by atoms with E-state index in [4.69, 9.17) is 13.5 Å². The molecular formula is C42H34N2O. The van der Waals surface area contributed by atoms with E-state index in [1.807, 2.05) is 24.3 Å². The number of furan rings is 1. The van der Waals surface area contributed by atoms with E-state index in [1.165, 1.54) is 5.56 Å². The minimum absolute atomic E-state index is 0.0158. The van der Waals surface area contributed by atoms with Crippen molar-refractivity contribution in [2.24, 2.45) is 0 Å². The smallest absolute Gasteiger partial charge is 0.149 e. The van der Waals surface area contributed by atoms with Crippen molar-refractivity contribution in [3.8, 4) is 39.3 Å². The second-order valence-electron chi connectivity index (χ2n) is 12.7. The highest BCUT2D eigenvalue weighted by atomic mass is 16.3. The predicted molar refractivity (Wildman–Crippen MR) is 188 cm³/mol. The Hall–Kier alpha value is -5.41. The van der Waals surface area contributed by atoms with Gasteiger partial charge >= 0.3 is 0 Å². The average Bonchev–Trinajstić information content (AvgIpc) is 3.66. The highest BCUT2D eigenvalue weighted by Crippen LogP contribution is 2.41. The highest BCUT2D eigenvalue weighted by molar-refractivity contribution is 6.10. The lowest BCUT2D eigenvalue weighted by Gasteiger charge is -2.23. The summed E-state index contributed by atoms with van der Waals surface area (Å²) in [4.78, 5) is 5.24. The van der Waals surface area contributed by atoms with Gasteiger partial charge in [-0.15, -0.1) is 0 Å². The molecule has 0 aliphatic rings. The van der Waals surface area contributed by atoms with E-state index in [0.717, 1.165) is 72.3 Å². The number of para-hydroxylation sites is 3. The molecule has 0 spiro atoms. The van der Waals surface area contributed by atoms with Gasteiger partial charge in [0.15, 0.2) is 0 Å². The maximum Gasteiger partial charge on any atom is 0.149 e. The number of hydrogen-bond donors (Lipinski definition) is 0. The molecule has 2 heterocycles. The predicted octanol–water partition coefficient (Wildman–Crippen LogP) is 11.5. The van der Waals surface area contributed by atoms with Gasteiger partial charge in [-0.2, -0.15) is 0 Å². The molecule has 0 N–H and O–H groups in total. The molecule has 2 aromatic heterocycles. The van der Waals surface area contributed by atoms with Crippen molar-refractivity contribution in [1.29, 1.82) is 0 Å². The van der Waals surface area contributed by atoms with E-state index < -0.39 is 6.85 Å². The van der Waals surface area contributed by atoms with Crippen molar-refractivity contribution in [3.63, 3.8) is 0 Å². The normalized spacial score (nSPS) is 13.3. The van der Waals surface area contributed by atoms with Crippen LogP contribution in [0.2, 0.25) is 0 Å². The SMILES string of the molecule is [2H]C([2H])([2H])c1ccc(-c2ccc3c(c2)oc2c(-c4nc5ccccc5n4-c4ccc(C(C)(C)C)cc4-c4ccccc4)cccc23)cc1. The summed E-state index contributed by atoms with van der Waals surface area (Å²) < 4.78 is 32.1. The molecule has 0 amide bonds. The zero-order valence-corrected chi connectivity index (χ0v) is 25.5. The number of imidazole rings is 1. The Morgan fingerprint density at radius 1 is 0.644 bits per heavy atom. The lowest BCUT2D eigenvalue weighted by molar-refractivity contribution is 0.590. The van der Waals surface area contributed by atoms with Crippen LogP contribution in [0.1, 0.15) is 36.0 Å². The number of fused-ring (bicyclic) bond motifs is 4. The summed E-state index contributed by atoms with van der Waals surface area (Å²) in [6.07, 6.45) is 0. The molecule has 3 nitrogen and oxygen atoms in total. The van der Waals surface area contributed by atoms with E-state index >= 15 is 0 Å². The first-order chi connectivity index (χ1) is 23.1.